The Morgan fingerprint density at radius 1 is 0.486 bits per heavy atom. The van der Waals surface area contributed by atoms with Crippen LogP contribution in [0.4, 0.5) is 0 Å². The Hall–Kier alpha value is -3.16. The molecule has 4 bridgehead atoms. The number of rotatable bonds is 6. The fourth-order valence-corrected chi connectivity index (χ4v) is 10.3. The molecular weight excluding hydrogens is 929 g/mol. The zero-order valence-corrected chi connectivity index (χ0v) is 45.4. The number of ketones is 2. The van der Waals surface area contributed by atoms with Gasteiger partial charge < -0.3 is 56.8 Å². The lowest BCUT2D eigenvalue weighted by atomic mass is 9.82. The molecule has 0 aromatic carbocycles. The monoisotopic (exact) mass is 1020 g/mol. The normalized spacial score (nSPS) is 40.3. The lowest BCUT2D eigenvalue weighted by molar-refractivity contribution is -0.317. The third kappa shape index (κ3) is 16.4. The van der Waals surface area contributed by atoms with E-state index in [1.165, 1.54) is 0 Å². The van der Waals surface area contributed by atoms with Crippen molar-refractivity contribution < 1.29 is 76.0 Å². The summed E-state index contributed by atoms with van der Waals surface area (Å²) in [5, 5.41) is 0. The molecule has 0 radical (unpaired) electrons. The number of fused-ring (bicyclic) bond motifs is 2. The molecule has 5 aliphatic heterocycles. The van der Waals surface area contributed by atoms with Crippen molar-refractivity contribution in [1.29, 1.82) is 0 Å². The average Bonchev–Trinajstić information content (AvgIpc) is 3.77. The third-order valence-electron chi connectivity index (χ3n) is 14.6. The van der Waals surface area contributed by atoms with E-state index in [9.17, 15) is 19.2 Å². The fourth-order valence-electron chi connectivity index (χ4n) is 10.3. The van der Waals surface area contributed by atoms with Crippen LogP contribution < -0.4 is 0 Å². The number of methoxy groups -OCH3 is 2. The standard InChI is InChI=1S/C56H88O16/c1-37-29-31-47-41(5)45(57)33-43(63-35-61-11)27-23-19-16-14-18-22-26-40(4)66-52(60)50-56(72-54(9,10)70-50)38(2)30-32-48(68-56)42(6)46(58)34-44(64-36-62-12)28-24-20-15-13-17-21-25-39(3)65-51(59)49-55(37,67-47)71-53(7,8)69-49/h13-20,37-44,47-50H,21-36H2,1-12H3/b17-13-,18-14-,19-16+,20-15+/t37-,38-,39+,40+,41-,42-,43+,44+,47+,48+,49?,50?,55+,56+/m1/s1. The number of carbonyl (C=O) groups is 4. The third-order valence-corrected chi connectivity index (χ3v) is 14.6. The topological polar surface area (TPSA) is 179 Å². The predicted molar refractivity (Wildman–Crippen MR) is 268 cm³/mol. The molecule has 16 nitrogen and oxygen atoms in total. The van der Waals surface area contributed by atoms with Crippen LogP contribution >= 0.6 is 0 Å². The van der Waals surface area contributed by atoms with E-state index in [2.05, 4.69) is 0 Å². The van der Waals surface area contributed by atoms with Crippen LogP contribution in [0.2, 0.25) is 0 Å². The van der Waals surface area contributed by atoms with Gasteiger partial charge in [-0.15, -0.1) is 0 Å². The second kappa shape index (κ2) is 27.6. The zero-order chi connectivity index (χ0) is 52.7. The van der Waals surface area contributed by atoms with Gasteiger partial charge in [0.1, 0.15) is 25.2 Å². The fraction of sp³-hybridized carbons (Fsp3) is 0.786. The molecule has 5 heterocycles. The summed E-state index contributed by atoms with van der Waals surface area (Å²) in [7, 11) is 3.10. The molecule has 72 heavy (non-hydrogen) atoms. The van der Waals surface area contributed by atoms with Gasteiger partial charge >= 0.3 is 11.9 Å². The maximum Gasteiger partial charge on any atom is 0.341 e. The molecule has 0 aliphatic carbocycles. The molecule has 0 aromatic rings. The van der Waals surface area contributed by atoms with Gasteiger partial charge in [-0.25, -0.2) is 9.59 Å². The van der Waals surface area contributed by atoms with Crippen molar-refractivity contribution in [2.75, 3.05) is 27.8 Å². The van der Waals surface area contributed by atoms with Crippen LogP contribution in [0.3, 0.4) is 0 Å². The van der Waals surface area contributed by atoms with Crippen molar-refractivity contribution in [2.45, 2.75) is 231 Å². The summed E-state index contributed by atoms with van der Waals surface area (Å²) in [5.41, 5.74) is 0. The lowest BCUT2D eigenvalue weighted by Gasteiger charge is -2.45. The minimum atomic E-state index is -1.43. The Labute approximate surface area is 429 Å². The first-order valence-corrected chi connectivity index (χ1v) is 26.6. The molecule has 5 rings (SSSR count). The molecule has 4 fully saturated rings. The molecule has 14 atom stereocenters. The van der Waals surface area contributed by atoms with Crippen LogP contribution in [0, 0.1) is 23.7 Å². The Kier molecular flexibility index (Phi) is 22.9. The Morgan fingerprint density at radius 2 is 0.833 bits per heavy atom. The molecule has 4 saturated heterocycles. The minimum absolute atomic E-state index is 0.0188. The van der Waals surface area contributed by atoms with Crippen LogP contribution in [-0.2, 0) is 76.0 Å². The van der Waals surface area contributed by atoms with Gasteiger partial charge in [0.05, 0.1) is 36.6 Å². The van der Waals surface area contributed by atoms with Gasteiger partial charge in [0.2, 0.25) is 23.8 Å². The van der Waals surface area contributed by atoms with Gasteiger partial charge in [-0.3, -0.25) is 9.59 Å². The predicted octanol–water partition coefficient (Wildman–Crippen LogP) is 9.70. The van der Waals surface area contributed by atoms with Gasteiger partial charge in [-0.2, -0.15) is 0 Å². The first-order valence-electron chi connectivity index (χ1n) is 26.6. The largest absolute Gasteiger partial charge is 0.461 e. The number of hydrogen-bond donors (Lipinski definition) is 0. The first-order chi connectivity index (χ1) is 34.2. The number of Topliss-reactive ketones (excluding diaryl/α,β-unsaturated/α-hetero) is 2. The molecule has 16 heteroatoms. The summed E-state index contributed by atoms with van der Waals surface area (Å²) in [5.74, 6) is -7.77. The highest BCUT2D eigenvalue weighted by Crippen LogP contribution is 2.50. The van der Waals surface area contributed by atoms with E-state index in [1.807, 2.05) is 90.2 Å². The summed E-state index contributed by atoms with van der Waals surface area (Å²) in [6.07, 6.45) is 18.7. The summed E-state index contributed by atoms with van der Waals surface area (Å²) >= 11 is 0. The Morgan fingerprint density at radius 3 is 1.18 bits per heavy atom. The number of allylic oxidation sites excluding steroid dienone is 8. The highest BCUT2D eigenvalue weighted by atomic mass is 16.9. The Bertz CT molecular complexity index is 1740. The first kappa shape index (κ1) is 59.7. The molecular formula is C56H88O16. The summed E-state index contributed by atoms with van der Waals surface area (Å²) in [4.78, 5) is 55.8. The van der Waals surface area contributed by atoms with Crippen molar-refractivity contribution in [3.63, 3.8) is 0 Å². The van der Waals surface area contributed by atoms with Crippen LogP contribution in [0.5, 0.6) is 0 Å². The quantitative estimate of drug-likeness (QED) is 0.181. The van der Waals surface area contributed by atoms with Crippen molar-refractivity contribution in [3.8, 4) is 0 Å². The van der Waals surface area contributed by atoms with Gasteiger partial charge in [-0.1, -0.05) is 76.3 Å². The molecule has 0 aromatic heterocycles. The highest BCUT2D eigenvalue weighted by molar-refractivity contribution is 5.82. The lowest BCUT2D eigenvalue weighted by Crippen LogP contribution is -2.58. The van der Waals surface area contributed by atoms with Gasteiger partial charge in [0.15, 0.2) is 11.6 Å². The highest BCUT2D eigenvalue weighted by Gasteiger charge is 2.65. The molecule has 2 unspecified atom stereocenters. The smallest absolute Gasteiger partial charge is 0.341 e. The van der Waals surface area contributed by atoms with E-state index in [0.717, 1.165) is 0 Å². The zero-order valence-electron chi connectivity index (χ0n) is 45.4. The average molecular weight is 1020 g/mol. The summed E-state index contributed by atoms with van der Waals surface area (Å²) in [6.45, 7) is 18.5. The molecule has 0 amide bonds. The van der Waals surface area contributed by atoms with Crippen LogP contribution in [0.15, 0.2) is 48.6 Å². The van der Waals surface area contributed by atoms with Crippen LogP contribution in [0.1, 0.15) is 159 Å². The van der Waals surface area contributed by atoms with E-state index in [4.69, 9.17) is 56.8 Å². The van der Waals surface area contributed by atoms with E-state index in [0.29, 0.717) is 77.0 Å². The SMILES string of the molecule is COCO[C@H]1CC/C=C/C=C\CC[C@H](C)OC(=O)C2OC(C)(C)O[C@]23O[C@@H](CC[C@H]3C)[C@H](C)C(=O)C[C@@H](OCOC)CC/C=C/C=C\CC[C@H](C)OC(=O)C2OC(C)(C)O[C@]23O[C@@H](CC[C@H]3C)[C@H](C)C(=O)C1. The van der Waals surface area contributed by atoms with Crippen molar-refractivity contribution in [3.05, 3.63) is 48.6 Å². The van der Waals surface area contributed by atoms with Crippen molar-refractivity contribution in [2.24, 2.45) is 23.7 Å². The van der Waals surface area contributed by atoms with E-state index in [-0.39, 0.29) is 49.8 Å². The number of ether oxygens (including phenoxy) is 12. The summed E-state index contributed by atoms with van der Waals surface area (Å²) in [6, 6.07) is 0. The minimum Gasteiger partial charge on any atom is -0.461 e. The van der Waals surface area contributed by atoms with E-state index < -0.39 is 95.8 Å². The molecule has 0 N–H and O–H groups in total. The number of cyclic esters (lactones) is 2. The van der Waals surface area contributed by atoms with E-state index in [1.54, 1.807) is 41.9 Å². The second-order valence-corrected chi connectivity index (χ2v) is 21.5. The van der Waals surface area contributed by atoms with Crippen LogP contribution in [0.25, 0.3) is 0 Å². The van der Waals surface area contributed by atoms with Crippen molar-refractivity contribution >= 4 is 23.5 Å². The van der Waals surface area contributed by atoms with E-state index >= 15 is 0 Å². The maximum atomic E-state index is 14.0. The molecule has 5 aliphatic rings. The number of esters is 2. The number of carbonyl (C=O) groups excluding carboxylic acids is 4. The Balaban J connectivity index is 1.31. The van der Waals surface area contributed by atoms with Gasteiger partial charge in [0.25, 0.3) is 0 Å². The summed E-state index contributed by atoms with van der Waals surface area (Å²) < 4.78 is 73.3. The second-order valence-electron chi connectivity index (χ2n) is 21.5. The number of hydrogen-bond acceptors (Lipinski definition) is 16. The van der Waals surface area contributed by atoms with Crippen LogP contribution in [-0.4, -0.2) is 123 Å². The maximum absolute atomic E-state index is 14.0. The molecule has 408 valence electrons. The van der Waals surface area contributed by atoms with Crippen molar-refractivity contribution in [1.82, 2.24) is 0 Å². The molecule has 0 saturated carbocycles. The van der Waals surface area contributed by atoms with Gasteiger partial charge in [0, 0.05) is 50.7 Å². The van der Waals surface area contributed by atoms with Gasteiger partial charge in [-0.05, 0) is 119 Å². The molecule has 2 spiro atoms.